The molecular formula is C11H13NO4S. The molecule has 0 aromatic carbocycles. The van der Waals surface area contributed by atoms with Crippen LogP contribution in [0.2, 0.25) is 0 Å². The molecule has 1 aromatic rings. The summed E-state index contributed by atoms with van der Waals surface area (Å²) in [7, 11) is 0. The lowest BCUT2D eigenvalue weighted by Crippen LogP contribution is -2.29. The molecule has 2 rings (SSSR count). The van der Waals surface area contributed by atoms with E-state index in [1.165, 1.54) is 12.5 Å². The van der Waals surface area contributed by atoms with Gasteiger partial charge in [-0.2, -0.15) is 11.8 Å². The zero-order chi connectivity index (χ0) is 12.3. The molecule has 92 valence electrons. The maximum Gasteiger partial charge on any atom is 0.338 e. The van der Waals surface area contributed by atoms with Crippen molar-refractivity contribution in [2.24, 2.45) is 0 Å². The summed E-state index contributed by atoms with van der Waals surface area (Å²) in [6, 6.07) is 1.24. The number of furan rings is 1. The fraction of sp³-hybridized carbons (Fsp3) is 0.455. The van der Waals surface area contributed by atoms with Crippen LogP contribution in [0.25, 0.3) is 0 Å². The quantitative estimate of drug-likeness (QED) is 0.854. The minimum absolute atomic E-state index is 0.00890. The number of nitrogens with one attached hydrogen (secondary N) is 1. The van der Waals surface area contributed by atoms with Gasteiger partial charge in [0.25, 0.3) is 5.91 Å². The highest BCUT2D eigenvalue weighted by molar-refractivity contribution is 8.00. The molecule has 1 saturated heterocycles. The molecule has 2 heterocycles. The van der Waals surface area contributed by atoms with E-state index in [9.17, 15) is 9.59 Å². The summed E-state index contributed by atoms with van der Waals surface area (Å²) >= 11 is 1.85. The predicted octanol–water partition coefficient (Wildman–Crippen LogP) is 1.60. The second kappa shape index (κ2) is 5.27. The van der Waals surface area contributed by atoms with E-state index in [1.54, 1.807) is 0 Å². The molecule has 6 heteroatoms. The Kier molecular flexibility index (Phi) is 3.73. The number of amides is 1. The fourth-order valence-electron chi connectivity index (χ4n) is 1.67. The second-order valence-electron chi connectivity index (χ2n) is 3.85. The van der Waals surface area contributed by atoms with Gasteiger partial charge in [0.05, 0.1) is 5.56 Å². The molecule has 1 amide bonds. The first-order valence-corrected chi connectivity index (χ1v) is 6.43. The van der Waals surface area contributed by atoms with Crippen LogP contribution in [-0.4, -0.2) is 34.5 Å². The van der Waals surface area contributed by atoms with Gasteiger partial charge >= 0.3 is 5.97 Å². The Morgan fingerprint density at radius 1 is 1.59 bits per heavy atom. The number of thioether (sulfide) groups is 1. The topological polar surface area (TPSA) is 79.5 Å². The van der Waals surface area contributed by atoms with E-state index < -0.39 is 5.97 Å². The van der Waals surface area contributed by atoms with E-state index in [2.05, 4.69) is 5.32 Å². The molecule has 0 radical (unpaired) electrons. The van der Waals surface area contributed by atoms with Gasteiger partial charge in [0.2, 0.25) is 0 Å². The standard InChI is InChI=1S/C11H13NO4S/c13-10(12-5-8-2-1-3-17-8)9-4-7(6-16-9)11(14)15/h4,6,8H,1-3,5H2,(H,12,13)(H,14,15). The van der Waals surface area contributed by atoms with Gasteiger partial charge in [-0.25, -0.2) is 4.79 Å². The molecule has 1 aliphatic rings. The first-order valence-electron chi connectivity index (χ1n) is 5.38. The second-order valence-corrected chi connectivity index (χ2v) is 5.26. The normalized spacial score (nSPS) is 19.2. The van der Waals surface area contributed by atoms with Crippen LogP contribution in [0.1, 0.15) is 33.8 Å². The molecule has 2 N–H and O–H groups in total. The number of carbonyl (C=O) groups excluding carboxylic acids is 1. The highest BCUT2D eigenvalue weighted by Crippen LogP contribution is 2.25. The van der Waals surface area contributed by atoms with Crippen LogP contribution in [0.3, 0.4) is 0 Å². The van der Waals surface area contributed by atoms with Gasteiger partial charge < -0.3 is 14.8 Å². The van der Waals surface area contributed by atoms with Gasteiger partial charge in [-0.15, -0.1) is 0 Å². The summed E-state index contributed by atoms with van der Waals surface area (Å²) in [5.74, 6) is -0.265. The molecule has 0 aliphatic carbocycles. The SMILES string of the molecule is O=C(O)c1coc(C(=O)NCC2CCCS2)c1. The summed E-state index contributed by atoms with van der Waals surface area (Å²) in [6.07, 6.45) is 3.38. The number of rotatable bonds is 4. The lowest BCUT2D eigenvalue weighted by atomic mass is 10.2. The number of carboxylic acid groups (broad SMARTS) is 1. The molecule has 0 bridgehead atoms. The molecule has 17 heavy (non-hydrogen) atoms. The average molecular weight is 255 g/mol. The Balaban J connectivity index is 1.87. The van der Waals surface area contributed by atoms with Crippen molar-refractivity contribution in [3.05, 3.63) is 23.7 Å². The molecule has 1 fully saturated rings. The molecule has 5 nitrogen and oxygen atoms in total. The van der Waals surface area contributed by atoms with Crippen LogP contribution in [0.15, 0.2) is 16.7 Å². The highest BCUT2D eigenvalue weighted by Gasteiger charge is 2.18. The van der Waals surface area contributed by atoms with E-state index in [4.69, 9.17) is 9.52 Å². The predicted molar refractivity (Wildman–Crippen MR) is 63.5 cm³/mol. The van der Waals surface area contributed by atoms with Crippen molar-refractivity contribution in [2.45, 2.75) is 18.1 Å². The van der Waals surface area contributed by atoms with Gasteiger partial charge in [-0.1, -0.05) is 0 Å². The molecule has 1 aromatic heterocycles. The maximum absolute atomic E-state index is 11.6. The van der Waals surface area contributed by atoms with Crippen molar-refractivity contribution < 1.29 is 19.1 Å². The number of hydrogen-bond donors (Lipinski definition) is 2. The average Bonchev–Trinajstić information content (AvgIpc) is 2.96. The largest absolute Gasteiger partial charge is 0.478 e. The smallest absolute Gasteiger partial charge is 0.338 e. The van der Waals surface area contributed by atoms with Crippen LogP contribution in [0, 0.1) is 0 Å². The van der Waals surface area contributed by atoms with E-state index >= 15 is 0 Å². The zero-order valence-electron chi connectivity index (χ0n) is 9.14. The van der Waals surface area contributed by atoms with Gasteiger partial charge in [-0.05, 0) is 18.6 Å². The van der Waals surface area contributed by atoms with E-state index in [0.717, 1.165) is 18.4 Å². The minimum Gasteiger partial charge on any atom is -0.478 e. The third-order valence-electron chi connectivity index (χ3n) is 2.58. The van der Waals surface area contributed by atoms with E-state index in [1.807, 2.05) is 11.8 Å². The number of hydrogen-bond acceptors (Lipinski definition) is 4. The van der Waals surface area contributed by atoms with Crippen molar-refractivity contribution in [1.29, 1.82) is 0 Å². The summed E-state index contributed by atoms with van der Waals surface area (Å²) in [5.41, 5.74) is -0.00890. The fourth-order valence-corrected chi connectivity index (χ4v) is 2.87. The number of aromatic carboxylic acids is 1. The first kappa shape index (κ1) is 12.0. The Hall–Kier alpha value is -1.43. The van der Waals surface area contributed by atoms with Crippen molar-refractivity contribution in [2.75, 3.05) is 12.3 Å². The van der Waals surface area contributed by atoms with E-state index in [0.29, 0.717) is 11.8 Å². The van der Waals surface area contributed by atoms with Crippen molar-refractivity contribution in [3.63, 3.8) is 0 Å². The maximum atomic E-state index is 11.6. The Labute approximate surface area is 103 Å². The zero-order valence-corrected chi connectivity index (χ0v) is 9.96. The lowest BCUT2D eigenvalue weighted by molar-refractivity contribution is 0.0696. The minimum atomic E-state index is -1.10. The molecule has 1 atom stereocenters. The molecule has 1 aliphatic heterocycles. The van der Waals surface area contributed by atoms with Crippen molar-refractivity contribution in [1.82, 2.24) is 5.32 Å². The van der Waals surface area contributed by atoms with Crippen LogP contribution in [0.4, 0.5) is 0 Å². The van der Waals surface area contributed by atoms with E-state index in [-0.39, 0.29) is 17.2 Å². The summed E-state index contributed by atoms with van der Waals surface area (Å²) in [4.78, 5) is 22.2. The van der Waals surface area contributed by atoms with Gasteiger partial charge in [0.15, 0.2) is 5.76 Å². The summed E-state index contributed by atoms with van der Waals surface area (Å²) in [6.45, 7) is 0.604. The van der Waals surface area contributed by atoms with Crippen LogP contribution in [0.5, 0.6) is 0 Å². The van der Waals surface area contributed by atoms with Crippen LogP contribution in [-0.2, 0) is 0 Å². The summed E-state index contributed by atoms with van der Waals surface area (Å²) in [5, 5.41) is 11.9. The molecule has 1 unspecified atom stereocenters. The number of carboxylic acids is 1. The molecular weight excluding hydrogens is 242 g/mol. The van der Waals surface area contributed by atoms with Crippen molar-refractivity contribution in [3.8, 4) is 0 Å². The lowest BCUT2D eigenvalue weighted by Gasteiger charge is -2.08. The Morgan fingerprint density at radius 3 is 3.00 bits per heavy atom. The third-order valence-corrected chi connectivity index (χ3v) is 3.98. The van der Waals surface area contributed by atoms with Gasteiger partial charge in [-0.3, -0.25) is 4.79 Å². The summed E-state index contributed by atoms with van der Waals surface area (Å²) < 4.78 is 4.90. The number of carbonyl (C=O) groups is 2. The monoisotopic (exact) mass is 255 g/mol. The first-order chi connectivity index (χ1) is 8.16. The molecule has 0 spiro atoms. The molecule has 0 saturated carbocycles. The van der Waals surface area contributed by atoms with Crippen molar-refractivity contribution >= 4 is 23.6 Å². The Morgan fingerprint density at radius 2 is 2.41 bits per heavy atom. The van der Waals surface area contributed by atoms with Crippen LogP contribution < -0.4 is 5.32 Å². The highest BCUT2D eigenvalue weighted by atomic mass is 32.2. The van der Waals surface area contributed by atoms with Crippen LogP contribution >= 0.6 is 11.8 Å². The Bertz CT molecular complexity index is 423. The third kappa shape index (κ3) is 3.03. The van der Waals surface area contributed by atoms with Gasteiger partial charge in [0.1, 0.15) is 6.26 Å². The van der Waals surface area contributed by atoms with Gasteiger partial charge in [0, 0.05) is 17.9 Å².